The van der Waals surface area contributed by atoms with Crippen LogP contribution in [0.2, 0.25) is 0 Å². The molecule has 5 nitrogen and oxygen atoms in total. The number of para-hydroxylation sites is 1. The van der Waals surface area contributed by atoms with Crippen LogP contribution in [-0.4, -0.2) is 29.0 Å². The number of nitrogens with zero attached hydrogens (tertiary/aromatic N) is 1. The lowest BCUT2D eigenvalue weighted by molar-refractivity contribution is 0.0709. The minimum Gasteiger partial charge on any atom is -0.508 e. The number of carbonyl (C=O) groups is 1. The van der Waals surface area contributed by atoms with E-state index in [9.17, 15) is 14.7 Å². The fourth-order valence-corrected chi connectivity index (χ4v) is 3.54. The van der Waals surface area contributed by atoms with E-state index in [0.29, 0.717) is 24.6 Å². The molecule has 2 aromatic carbocycles. The first-order valence-corrected chi connectivity index (χ1v) is 8.73. The van der Waals surface area contributed by atoms with Crippen molar-refractivity contribution in [2.45, 2.75) is 18.8 Å². The maximum atomic E-state index is 12.8. The summed E-state index contributed by atoms with van der Waals surface area (Å²) < 4.78 is 5.28. The maximum Gasteiger partial charge on any atom is 0.349 e. The molecule has 1 aliphatic heterocycles. The zero-order chi connectivity index (χ0) is 18.1. The van der Waals surface area contributed by atoms with Gasteiger partial charge in [0.2, 0.25) is 0 Å². The van der Waals surface area contributed by atoms with E-state index in [0.717, 1.165) is 18.2 Å². The maximum absolute atomic E-state index is 12.8. The average Bonchev–Trinajstić information content (AvgIpc) is 2.68. The highest BCUT2D eigenvalue weighted by molar-refractivity contribution is 5.96. The molecule has 4 rings (SSSR count). The van der Waals surface area contributed by atoms with Crippen molar-refractivity contribution in [1.29, 1.82) is 0 Å². The second-order valence-corrected chi connectivity index (χ2v) is 6.64. The topological polar surface area (TPSA) is 70.8 Å². The summed E-state index contributed by atoms with van der Waals surface area (Å²) in [4.78, 5) is 26.7. The van der Waals surface area contributed by atoms with Gasteiger partial charge < -0.3 is 14.4 Å². The van der Waals surface area contributed by atoms with Crippen LogP contribution in [0.4, 0.5) is 0 Å². The Morgan fingerprint density at radius 1 is 1.04 bits per heavy atom. The number of hydrogen-bond donors (Lipinski definition) is 1. The third-order valence-electron chi connectivity index (χ3n) is 5.02. The van der Waals surface area contributed by atoms with Gasteiger partial charge >= 0.3 is 5.63 Å². The lowest BCUT2D eigenvalue weighted by atomic mass is 9.89. The highest BCUT2D eigenvalue weighted by atomic mass is 16.4. The molecular weight excluding hydrogens is 330 g/mol. The summed E-state index contributed by atoms with van der Waals surface area (Å²) in [6, 6.07) is 16.0. The number of piperidine rings is 1. The molecule has 0 saturated carbocycles. The van der Waals surface area contributed by atoms with Crippen LogP contribution in [0.25, 0.3) is 11.0 Å². The first kappa shape index (κ1) is 16.4. The van der Waals surface area contributed by atoms with E-state index in [-0.39, 0.29) is 17.2 Å². The van der Waals surface area contributed by atoms with Gasteiger partial charge in [0.25, 0.3) is 5.91 Å². The minimum atomic E-state index is -0.589. The predicted octanol–water partition coefficient (Wildman–Crippen LogP) is 3.52. The number of benzene rings is 2. The molecule has 1 saturated heterocycles. The molecule has 0 unspecified atom stereocenters. The number of phenolic OH excluding ortho intramolecular Hbond substituents is 1. The lowest BCUT2D eigenvalue weighted by Crippen LogP contribution is -2.39. The van der Waals surface area contributed by atoms with Gasteiger partial charge in [0, 0.05) is 18.5 Å². The van der Waals surface area contributed by atoms with E-state index in [1.165, 1.54) is 5.56 Å². The van der Waals surface area contributed by atoms with Crippen LogP contribution in [0.1, 0.15) is 34.7 Å². The van der Waals surface area contributed by atoms with Gasteiger partial charge in [0.15, 0.2) is 0 Å². The zero-order valence-electron chi connectivity index (χ0n) is 14.2. The second-order valence-electron chi connectivity index (χ2n) is 6.64. The van der Waals surface area contributed by atoms with Crippen LogP contribution < -0.4 is 5.63 Å². The Bertz CT molecular complexity index is 998. The standard InChI is InChI=1S/C21H19NO4/c23-17-7-5-14(6-8-17)15-9-11-22(12-10-15)20(24)18-13-16-3-1-2-4-19(16)26-21(18)25/h1-8,13,15,23H,9-12H2. The van der Waals surface area contributed by atoms with Gasteiger partial charge in [-0.25, -0.2) is 4.79 Å². The van der Waals surface area contributed by atoms with Crippen molar-refractivity contribution in [2.75, 3.05) is 13.1 Å². The summed E-state index contributed by atoms with van der Waals surface area (Å²) in [6.45, 7) is 1.19. The molecule has 0 spiro atoms. The van der Waals surface area contributed by atoms with Crippen molar-refractivity contribution in [3.8, 4) is 5.75 Å². The van der Waals surface area contributed by atoms with Gasteiger partial charge in [0.1, 0.15) is 16.9 Å². The normalized spacial score (nSPS) is 15.3. The van der Waals surface area contributed by atoms with Gasteiger partial charge in [-0.1, -0.05) is 30.3 Å². The Kier molecular flexibility index (Phi) is 4.21. The van der Waals surface area contributed by atoms with Crippen molar-refractivity contribution in [3.05, 3.63) is 76.1 Å². The SMILES string of the molecule is O=C(c1cc2ccccc2oc1=O)N1CCC(c2ccc(O)cc2)CC1. The van der Waals surface area contributed by atoms with E-state index < -0.39 is 5.63 Å². The molecule has 26 heavy (non-hydrogen) atoms. The van der Waals surface area contributed by atoms with E-state index in [4.69, 9.17) is 4.42 Å². The van der Waals surface area contributed by atoms with Gasteiger partial charge in [-0.3, -0.25) is 4.79 Å². The molecule has 3 aromatic rings. The van der Waals surface area contributed by atoms with E-state index in [2.05, 4.69) is 0 Å². The molecule has 0 aliphatic carbocycles. The summed E-state index contributed by atoms with van der Waals surface area (Å²) in [5, 5.41) is 10.2. The predicted molar refractivity (Wildman–Crippen MR) is 98.5 cm³/mol. The first-order chi connectivity index (χ1) is 12.6. The third-order valence-corrected chi connectivity index (χ3v) is 5.02. The molecule has 2 heterocycles. The number of hydrogen-bond acceptors (Lipinski definition) is 4. The molecule has 5 heteroatoms. The molecule has 1 fully saturated rings. The van der Waals surface area contributed by atoms with Crippen LogP contribution in [0.3, 0.4) is 0 Å². The molecule has 1 amide bonds. The van der Waals surface area contributed by atoms with Crippen molar-refractivity contribution >= 4 is 16.9 Å². The smallest absolute Gasteiger partial charge is 0.349 e. The number of carbonyl (C=O) groups excluding carboxylic acids is 1. The first-order valence-electron chi connectivity index (χ1n) is 8.73. The molecule has 0 atom stereocenters. The van der Waals surface area contributed by atoms with Crippen molar-refractivity contribution in [3.63, 3.8) is 0 Å². The number of amides is 1. The van der Waals surface area contributed by atoms with Crippen molar-refractivity contribution in [2.24, 2.45) is 0 Å². The van der Waals surface area contributed by atoms with E-state index in [1.807, 2.05) is 24.3 Å². The lowest BCUT2D eigenvalue weighted by Gasteiger charge is -2.32. The molecule has 1 aromatic heterocycles. The fourth-order valence-electron chi connectivity index (χ4n) is 3.54. The zero-order valence-corrected chi connectivity index (χ0v) is 14.2. The Morgan fingerprint density at radius 3 is 2.46 bits per heavy atom. The number of aromatic hydroxyl groups is 1. The Hall–Kier alpha value is -3.08. The van der Waals surface area contributed by atoms with Crippen LogP contribution in [0.5, 0.6) is 5.75 Å². The van der Waals surface area contributed by atoms with Crippen LogP contribution in [0.15, 0.2) is 63.8 Å². The van der Waals surface area contributed by atoms with Crippen LogP contribution >= 0.6 is 0 Å². The Balaban J connectivity index is 1.51. The number of phenols is 1. The van der Waals surface area contributed by atoms with E-state index in [1.54, 1.807) is 35.2 Å². The summed E-state index contributed by atoms with van der Waals surface area (Å²) in [7, 11) is 0. The number of fused-ring (bicyclic) bond motifs is 1. The minimum absolute atomic E-state index is 0.0896. The summed E-state index contributed by atoms with van der Waals surface area (Å²) in [5.74, 6) is 0.339. The number of likely N-dealkylation sites (tertiary alicyclic amines) is 1. The van der Waals surface area contributed by atoms with Crippen molar-refractivity contribution < 1.29 is 14.3 Å². The number of rotatable bonds is 2. The molecule has 1 N–H and O–H groups in total. The molecular formula is C21H19NO4. The molecule has 1 aliphatic rings. The Labute approximate surface area is 150 Å². The second kappa shape index (κ2) is 6.67. The average molecular weight is 349 g/mol. The highest BCUT2D eigenvalue weighted by Gasteiger charge is 2.26. The largest absolute Gasteiger partial charge is 0.508 e. The summed E-state index contributed by atoms with van der Waals surface area (Å²) in [5.41, 5.74) is 1.15. The molecule has 132 valence electrons. The fraction of sp³-hybridized carbons (Fsp3) is 0.238. The van der Waals surface area contributed by atoms with Crippen molar-refractivity contribution in [1.82, 2.24) is 4.90 Å². The monoisotopic (exact) mass is 349 g/mol. The van der Waals surface area contributed by atoms with Gasteiger partial charge in [-0.05, 0) is 48.6 Å². The summed E-state index contributed by atoms with van der Waals surface area (Å²) in [6.07, 6.45) is 1.66. The van der Waals surface area contributed by atoms with Gasteiger partial charge in [-0.15, -0.1) is 0 Å². The third kappa shape index (κ3) is 3.08. The van der Waals surface area contributed by atoms with Crippen LogP contribution in [0, 0.1) is 0 Å². The summed E-state index contributed by atoms with van der Waals surface area (Å²) >= 11 is 0. The highest BCUT2D eigenvalue weighted by Crippen LogP contribution is 2.29. The van der Waals surface area contributed by atoms with Gasteiger partial charge in [0.05, 0.1) is 0 Å². The molecule has 0 bridgehead atoms. The Morgan fingerprint density at radius 2 is 1.73 bits per heavy atom. The van der Waals surface area contributed by atoms with Gasteiger partial charge in [-0.2, -0.15) is 0 Å². The van der Waals surface area contributed by atoms with Crippen LogP contribution in [-0.2, 0) is 0 Å². The molecule has 0 radical (unpaired) electrons. The quantitative estimate of drug-likeness (QED) is 0.719. The van der Waals surface area contributed by atoms with E-state index >= 15 is 0 Å².